The molecule has 17 heavy (non-hydrogen) atoms. The summed E-state index contributed by atoms with van der Waals surface area (Å²) in [6.07, 6.45) is 3.31. The van der Waals surface area contributed by atoms with Crippen molar-refractivity contribution in [3.05, 3.63) is 34.4 Å². The average Bonchev–Trinajstić information content (AvgIpc) is 2.58. The van der Waals surface area contributed by atoms with Crippen LogP contribution >= 0.6 is 0 Å². The van der Waals surface area contributed by atoms with Gasteiger partial charge in [-0.05, 0) is 38.4 Å². The molecule has 1 aliphatic heterocycles. The van der Waals surface area contributed by atoms with Gasteiger partial charge in [0.15, 0.2) is 0 Å². The molecule has 1 atom stereocenters. The lowest BCUT2D eigenvalue weighted by molar-refractivity contribution is -0.384. The van der Waals surface area contributed by atoms with E-state index in [1.54, 1.807) is 12.1 Å². The van der Waals surface area contributed by atoms with Crippen LogP contribution in [0.15, 0.2) is 24.3 Å². The Morgan fingerprint density at radius 2 is 2.24 bits per heavy atom. The number of hydrogen-bond acceptors (Lipinski definition) is 4. The molecule has 0 spiro atoms. The van der Waals surface area contributed by atoms with Crippen molar-refractivity contribution in [1.82, 2.24) is 5.32 Å². The topological polar surface area (TPSA) is 67.2 Å². The lowest BCUT2D eigenvalue weighted by Crippen LogP contribution is -2.21. The zero-order valence-electron chi connectivity index (χ0n) is 9.69. The fraction of sp³-hybridized carbons (Fsp3) is 0.500. The standard InChI is InChI=1S/C12H17N3O2/c16-15(17)12-5-1-3-11(9-12)14-10-4-2-7-13-8-6-10/h1,3,5,9-10,13-14H,2,4,6-8H2. The van der Waals surface area contributed by atoms with Gasteiger partial charge in [0.2, 0.25) is 0 Å². The van der Waals surface area contributed by atoms with Gasteiger partial charge in [0.25, 0.3) is 5.69 Å². The number of rotatable bonds is 3. The Hall–Kier alpha value is -1.62. The Bertz CT molecular complexity index is 387. The van der Waals surface area contributed by atoms with Gasteiger partial charge in [-0.2, -0.15) is 0 Å². The van der Waals surface area contributed by atoms with E-state index >= 15 is 0 Å². The van der Waals surface area contributed by atoms with E-state index in [2.05, 4.69) is 10.6 Å². The largest absolute Gasteiger partial charge is 0.382 e. The van der Waals surface area contributed by atoms with Gasteiger partial charge in [0, 0.05) is 23.9 Å². The summed E-state index contributed by atoms with van der Waals surface area (Å²) in [7, 11) is 0. The fourth-order valence-electron chi connectivity index (χ4n) is 2.11. The number of nitro groups is 1. The van der Waals surface area contributed by atoms with Crippen LogP contribution in [0.1, 0.15) is 19.3 Å². The third-order valence-electron chi connectivity index (χ3n) is 3.00. The summed E-state index contributed by atoms with van der Waals surface area (Å²) in [4.78, 5) is 10.3. The van der Waals surface area contributed by atoms with E-state index in [4.69, 9.17) is 0 Å². The van der Waals surface area contributed by atoms with Crippen LogP contribution in [0.3, 0.4) is 0 Å². The van der Waals surface area contributed by atoms with E-state index in [1.807, 2.05) is 6.07 Å². The van der Waals surface area contributed by atoms with Gasteiger partial charge in [0.05, 0.1) is 4.92 Å². The van der Waals surface area contributed by atoms with Gasteiger partial charge < -0.3 is 10.6 Å². The third-order valence-corrected chi connectivity index (χ3v) is 3.00. The smallest absolute Gasteiger partial charge is 0.271 e. The summed E-state index contributed by atoms with van der Waals surface area (Å²) in [5.74, 6) is 0. The molecular formula is C12H17N3O2. The Labute approximate surface area is 100 Å². The molecule has 1 unspecified atom stereocenters. The lowest BCUT2D eigenvalue weighted by atomic mass is 10.1. The van der Waals surface area contributed by atoms with Crippen LogP contribution in [0.4, 0.5) is 11.4 Å². The van der Waals surface area contributed by atoms with Crippen molar-refractivity contribution >= 4 is 11.4 Å². The van der Waals surface area contributed by atoms with E-state index in [-0.39, 0.29) is 10.6 Å². The lowest BCUT2D eigenvalue weighted by Gasteiger charge is -2.17. The maximum absolute atomic E-state index is 10.7. The normalized spacial score (nSPS) is 20.6. The molecule has 1 heterocycles. The van der Waals surface area contributed by atoms with E-state index in [0.717, 1.165) is 38.0 Å². The van der Waals surface area contributed by atoms with Crippen molar-refractivity contribution in [1.29, 1.82) is 0 Å². The maximum atomic E-state index is 10.7. The van der Waals surface area contributed by atoms with Gasteiger partial charge in [-0.1, -0.05) is 6.07 Å². The monoisotopic (exact) mass is 235 g/mol. The van der Waals surface area contributed by atoms with Crippen LogP contribution in [-0.2, 0) is 0 Å². The number of non-ortho nitro benzene ring substituents is 1. The third kappa shape index (κ3) is 3.42. The highest BCUT2D eigenvalue weighted by atomic mass is 16.6. The molecule has 1 aromatic carbocycles. The summed E-state index contributed by atoms with van der Waals surface area (Å²) in [6, 6.07) is 7.12. The molecule has 2 rings (SSSR count). The summed E-state index contributed by atoms with van der Waals surface area (Å²) in [5.41, 5.74) is 0.979. The first-order chi connectivity index (χ1) is 8.25. The molecule has 1 saturated heterocycles. The predicted octanol–water partition coefficient (Wildman–Crippen LogP) is 2.15. The van der Waals surface area contributed by atoms with Gasteiger partial charge in [-0.25, -0.2) is 0 Å². The van der Waals surface area contributed by atoms with Crippen LogP contribution in [0.5, 0.6) is 0 Å². The van der Waals surface area contributed by atoms with Crippen LogP contribution in [0, 0.1) is 10.1 Å². The second-order valence-electron chi connectivity index (χ2n) is 4.33. The molecule has 2 N–H and O–H groups in total. The van der Waals surface area contributed by atoms with E-state index in [0.29, 0.717) is 6.04 Å². The fourth-order valence-corrected chi connectivity index (χ4v) is 2.11. The van der Waals surface area contributed by atoms with Gasteiger partial charge in [-0.15, -0.1) is 0 Å². The van der Waals surface area contributed by atoms with Crippen molar-refractivity contribution in [3.8, 4) is 0 Å². The molecule has 1 aromatic rings. The van der Waals surface area contributed by atoms with E-state index < -0.39 is 0 Å². The van der Waals surface area contributed by atoms with Crippen LogP contribution in [-0.4, -0.2) is 24.1 Å². The van der Waals surface area contributed by atoms with Gasteiger partial charge in [0.1, 0.15) is 0 Å². The Morgan fingerprint density at radius 1 is 1.35 bits per heavy atom. The molecule has 0 radical (unpaired) electrons. The highest BCUT2D eigenvalue weighted by molar-refractivity contribution is 5.51. The highest BCUT2D eigenvalue weighted by Crippen LogP contribution is 2.19. The number of nitrogens with zero attached hydrogens (tertiary/aromatic N) is 1. The van der Waals surface area contributed by atoms with Gasteiger partial charge in [-0.3, -0.25) is 10.1 Å². The average molecular weight is 235 g/mol. The van der Waals surface area contributed by atoms with Crippen molar-refractivity contribution in [2.24, 2.45) is 0 Å². The first kappa shape index (κ1) is 11.9. The van der Waals surface area contributed by atoms with Crippen LogP contribution in [0.2, 0.25) is 0 Å². The van der Waals surface area contributed by atoms with Crippen LogP contribution in [0.25, 0.3) is 0 Å². The number of nitro benzene ring substituents is 1. The van der Waals surface area contributed by atoms with Gasteiger partial charge >= 0.3 is 0 Å². The number of nitrogens with one attached hydrogen (secondary N) is 2. The summed E-state index contributed by atoms with van der Waals surface area (Å²) in [6.45, 7) is 2.07. The molecule has 1 fully saturated rings. The first-order valence-electron chi connectivity index (χ1n) is 5.97. The van der Waals surface area contributed by atoms with Crippen molar-refractivity contribution in [2.45, 2.75) is 25.3 Å². The Kier molecular flexibility index (Phi) is 3.93. The zero-order chi connectivity index (χ0) is 12.1. The minimum absolute atomic E-state index is 0.141. The predicted molar refractivity (Wildman–Crippen MR) is 67.2 cm³/mol. The van der Waals surface area contributed by atoms with E-state index in [9.17, 15) is 10.1 Å². The minimum Gasteiger partial charge on any atom is -0.382 e. The molecule has 0 bridgehead atoms. The quantitative estimate of drug-likeness (QED) is 0.622. The molecule has 92 valence electrons. The number of benzene rings is 1. The minimum atomic E-state index is -0.361. The number of anilines is 1. The summed E-state index contributed by atoms with van der Waals surface area (Å²) >= 11 is 0. The summed E-state index contributed by atoms with van der Waals surface area (Å²) in [5, 5.41) is 17.4. The second-order valence-corrected chi connectivity index (χ2v) is 4.33. The molecule has 5 heteroatoms. The summed E-state index contributed by atoms with van der Waals surface area (Å²) < 4.78 is 0. The Morgan fingerprint density at radius 3 is 3.06 bits per heavy atom. The molecule has 0 aromatic heterocycles. The second kappa shape index (κ2) is 5.63. The van der Waals surface area contributed by atoms with Crippen LogP contribution < -0.4 is 10.6 Å². The Balaban J connectivity index is 2.01. The maximum Gasteiger partial charge on any atom is 0.271 e. The first-order valence-corrected chi connectivity index (χ1v) is 5.97. The molecule has 0 amide bonds. The molecule has 0 aliphatic carbocycles. The zero-order valence-corrected chi connectivity index (χ0v) is 9.69. The molecular weight excluding hydrogens is 218 g/mol. The highest BCUT2D eigenvalue weighted by Gasteiger charge is 2.12. The van der Waals surface area contributed by atoms with Crippen molar-refractivity contribution in [3.63, 3.8) is 0 Å². The molecule has 1 aliphatic rings. The van der Waals surface area contributed by atoms with Crippen molar-refractivity contribution in [2.75, 3.05) is 18.4 Å². The van der Waals surface area contributed by atoms with Crippen molar-refractivity contribution < 1.29 is 4.92 Å². The number of hydrogen-bond donors (Lipinski definition) is 2. The SMILES string of the molecule is O=[N+]([O-])c1cccc(NC2CCCNCC2)c1. The molecule has 0 saturated carbocycles. The van der Waals surface area contributed by atoms with E-state index in [1.165, 1.54) is 6.07 Å². The molecule has 5 nitrogen and oxygen atoms in total.